The first-order chi connectivity index (χ1) is 9.72. The Morgan fingerprint density at radius 1 is 1.30 bits per heavy atom. The normalized spacial score (nSPS) is 27.0. The average Bonchev–Trinajstić information content (AvgIpc) is 3.10. The van der Waals surface area contributed by atoms with E-state index in [1.54, 1.807) is 0 Å². The first-order valence-corrected chi connectivity index (χ1v) is 7.60. The van der Waals surface area contributed by atoms with Gasteiger partial charge >= 0.3 is 0 Å². The van der Waals surface area contributed by atoms with Gasteiger partial charge in [0, 0.05) is 39.3 Å². The second-order valence-corrected chi connectivity index (χ2v) is 5.83. The van der Waals surface area contributed by atoms with E-state index < -0.39 is 0 Å². The molecule has 20 heavy (non-hydrogen) atoms. The maximum absolute atomic E-state index is 5.71. The fourth-order valence-corrected chi connectivity index (χ4v) is 3.05. The monoisotopic (exact) mass is 280 g/mol. The number of piperazine rings is 1. The standard InChI is InChI=1S/C14H24N4O2/c1-11(14-15-12(2)16-20-14)18-7-5-17(6-8-18)10-13-4-3-9-19-13/h11,13H,3-10H2,1-2H3/t11-,13-/m1/s1. The molecule has 2 aliphatic heterocycles. The zero-order valence-electron chi connectivity index (χ0n) is 12.4. The molecule has 0 saturated carbocycles. The Balaban J connectivity index is 1.48. The van der Waals surface area contributed by atoms with Crippen molar-refractivity contribution in [3.8, 4) is 0 Å². The molecule has 6 nitrogen and oxygen atoms in total. The van der Waals surface area contributed by atoms with Crippen molar-refractivity contribution in [2.45, 2.75) is 38.8 Å². The summed E-state index contributed by atoms with van der Waals surface area (Å²) in [5.41, 5.74) is 0. The molecule has 3 rings (SSSR count). The summed E-state index contributed by atoms with van der Waals surface area (Å²) >= 11 is 0. The lowest BCUT2D eigenvalue weighted by Gasteiger charge is -2.37. The first kappa shape index (κ1) is 14.0. The summed E-state index contributed by atoms with van der Waals surface area (Å²) in [7, 11) is 0. The highest BCUT2D eigenvalue weighted by Crippen LogP contribution is 2.21. The fourth-order valence-electron chi connectivity index (χ4n) is 3.05. The van der Waals surface area contributed by atoms with Crippen LogP contribution in [0.1, 0.15) is 37.5 Å². The van der Waals surface area contributed by atoms with E-state index in [-0.39, 0.29) is 6.04 Å². The molecule has 112 valence electrons. The molecular formula is C14H24N4O2. The Bertz CT molecular complexity index is 423. The second-order valence-electron chi connectivity index (χ2n) is 5.83. The third-order valence-corrected chi connectivity index (χ3v) is 4.34. The van der Waals surface area contributed by atoms with Gasteiger partial charge in [0.1, 0.15) is 0 Å². The van der Waals surface area contributed by atoms with Crippen LogP contribution in [0.25, 0.3) is 0 Å². The molecule has 0 aliphatic carbocycles. The van der Waals surface area contributed by atoms with Crippen LogP contribution in [0.3, 0.4) is 0 Å². The minimum absolute atomic E-state index is 0.209. The van der Waals surface area contributed by atoms with Gasteiger partial charge in [0.25, 0.3) is 0 Å². The molecule has 0 radical (unpaired) electrons. The SMILES string of the molecule is Cc1noc([C@@H](C)N2CCN(C[C@H]3CCCO3)CC2)n1. The van der Waals surface area contributed by atoms with Gasteiger partial charge in [-0.2, -0.15) is 4.98 Å². The average molecular weight is 280 g/mol. The molecule has 2 aliphatic rings. The Hall–Kier alpha value is -0.980. The summed E-state index contributed by atoms with van der Waals surface area (Å²) in [6.45, 7) is 10.3. The molecule has 0 amide bonds. The van der Waals surface area contributed by atoms with E-state index in [2.05, 4.69) is 26.9 Å². The molecule has 0 unspecified atom stereocenters. The number of aryl methyl sites for hydroxylation is 1. The smallest absolute Gasteiger partial charge is 0.243 e. The lowest BCUT2D eigenvalue weighted by molar-refractivity contribution is 0.0379. The van der Waals surface area contributed by atoms with Crippen molar-refractivity contribution >= 4 is 0 Å². The van der Waals surface area contributed by atoms with Crippen molar-refractivity contribution < 1.29 is 9.26 Å². The largest absolute Gasteiger partial charge is 0.377 e. The van der Waals surface area contributed by atoms with Gasteiger partial charge in [-0.25, -0.2) is 0 Å². The summed E-state index contributed by atoms with van der Waals surface area (Å²) in [6.07, 6.45) is 2.90. The predicted octanol–water partition coefficient (Wildman–Crippen LogP) is 1.24. The summed E-state index contributed by atoms with van der Waals surface area (Å²) < 4.78 is 11.0. The lowest BCUT2D eigenvalue weighted by atomic mass is 10.2. The van der Waals surface area contributed by atoms with E-state index in [9.17, 15) is 0 Å². The number of hydrogen-bond acceptors (Lipinski definition) is 6. The fraction of sp³-hybridized carbons (Fsp3) is 0.857. The van der Waals surface area contributed by atoms with Gasteiger partial charge in [0.05, 0.1) is 12.1 Å². The van der Waals surface area contributed by atoms with Crippen LogP contribution in [0.5, 0.6) is 0 Å². The van der Waals surface area contributed by atoms with Crippen LogP contribution in [0.15, 0.2) is 4.52 Å². The van der Waals surface area contributed by atoms with Gasteiger partial charge < -0.3 is 9.26 Å². The zero-order valence-corrected chi connectivity index (χ0v) is 12.4. The van der Waals surface area contributed by atoms with Gasteiger partial charge in [-0.05, 0) is 26.7 Å². The molecule has 0 bridgehead atoms. The van der Waals surface area contributed by atoms with Gasteiger partial charge in [-0.15, -0.1) is 0 Å². The Morgan fingerprint density at radius 2 is 2.10 bits per heavy atom. The molecule has 2 saturated heterocycles. The van der Waals surface area contributed by atoms with Crippen LogP contribution in [-0.4, -0.2) is 65.4 Å². The molecule has 1 aromatic heterocycles. The first-order valence-electron chi connectivity index (χ1n) is 7.60. The van der Waals surface area contributed by atoms with Crippen LogP contribution in [0.4, 0.5) is 0 Å². The van der Waals surface area contributed by atoms with Crippen molar-refractivity contribution in [2.75, 3.05) is 39.3 Å². The Morgan fingerprint density at radius 3 is 2.70 bits per heavy atom. The van der Waals surface area contributed by atoms with Gasteiger partial charge in [-0.1, -0.05) is 5.16 Å². The molecule has 0 aromatic carbocycles. The lowest BCUT2D eigenvalue weighted by Crippen LogP contribution is -2.49. The molecular weight excluding hydrogens is 256 g/mol. The maximum atomic E-state index is 5.71. The van der Waals surface area contributed by atoms with Crippen LogP contribution in [0.2, 0.25) is 0 Å². The second kappa shape index (κ2) is 6.20. The highest BCUT2D eigenvalue weighted by molar-refractivity contribution is 4.92. The van der Waals surface area contributed by atoms with Crippen LogP contribution in [0, 0.1) is 6.92 Å². The molecule has 0 N–H and O–H groups in total. The number of hydrogen-bond donors (Lipinski definition) is 0. The number of rotatable bonds is 4. The quantitative estimate of drug-likeness (QED) is 0.827. The Labute approximate surface area is 120 Å². The minimum Gasteiger partial charge on any atom is -0.377 e. The molecule has 2 atom stereocenters. The van der Waals surface area contributed by atoms with E-state index in [1.807, 2.05) is 6.92 Å². The van der Waals surface area contributed by atoms with Crippen LogP contribution in [-0.2, 0) is 4.74 Å². The predicted molar refractivity (Wildman–Crippen MR) is 74.4 cm³/mol. The summed E-state index contributed by atoms with van der Waals surface area (Å²) in [6, 6.07) is 0.209. The van der Waals surface area contributed by atoms with Gasteiger partial charge in [-0.3, -0.25) is 9.80 Å². The van der Waals surface area contributed by atoms with Crippen LogP contribution < -0.4 is 0 Å². The highest BCUT2D eigenvalue weighted by Gasteiger charge is 2.27. The summed E-state index contributed by atoms with van der Waals surface area (Å²) in [5, 5.41) is 3.88. The van der Waals surface area contributed by atoms with E-state index in [1.165, 1.54) is 12.8 Å². The topological polar surface area (TPSA) is 54.6 Å². The van der Waals surface area contributed by atoms with Gasteiger partial charge in [0.15, 0.2) is 5.82 Å². The van der Waals surface area contributed by atoms with Crippen LogP contribution >= 0.6 is 0 Å². The van der Waals surface area contributed by atoms with E-state index in [0.717, 1.165) is 45.2 Å². The van der Waals surface area contributed by atoms with Crippen molar-refractivity contribution in [3.05, 3.63) is 11.7 Å². The zero-order chi connectivity index (χ0) is 13.9. The number of aromatic nitrogens is 2. The van der Waals surface area contributed by atoms with Crippen molar-refractivity contribution in [1.82, 2.24) is 19.9 Å². The maximum Gasteiger partial charge on any atom is 0.243 e. The molecule has 3 heterocycles. The molecule has 6 heteroatoms. The molecule has 1 aromatic rings. The number of ether oxygens (including phenoxy) is 1. The third-order valence-electron chi connectivity index (χ3n) is 4.34. The summed E-state index contributed by atoms with van der Waals surface area (Å²) in [4.78, 5) is 9.26. The van der Waals surface area contributed by atoms with E-state index in [0.29, 0.717) is 11.9 Å². The van der Waals surface area contributed by atoms with E-state index in [4.69, 9.17) is 9.26 Å². The van der Waals surface area contributed by atoms with Crippen molar-refractivity contribution in [3.63, 3.8) is 0 Å². The minimum atomic E-state index is 0.209. The van der Waals surface area contributed by atoms with Crippen molar-refractivity contribution in [2.24, 2.45) is 0 Å². The van der Waals surface area contributed by atoms with Crippen molar-refractivity contribution in [1.29, 1.82) is 0 Å². The Kier molecular flexibility index (Phi) is 4.33. The number of nitrogens with zero attached hydrogens (tertiary/aromatic N) is 4. The third kappa shape index (κ3) is 3.19. The van der Waals surface area contributed by atoms with E-state index >= 15 is 0 Å². The molecule has 2 fully saturated rings. The summed E-state index contributed by atoms with van der Waals surface area (Å²) in [5.74, 6) is 1.44. The van der Waals surface area contributed by atoms with Gasteiger partial charge in [0.2, 0.25) is 5.89 Å². The molecule has 0 spiro atoms. The highest BCUT2D eigenvalue weighted by atomic mass is 16.5.